The lowest BCUT2D eigenvalue weighted by molar-refractivity contribution is -0.138. The summed E-state index contributed by atoms with van der Waals surface area (Å²) in [5.41, 5.74) is 8.03. The molecule has 1 aliphatic carbocycles. The third-order valence-electron chi connectivity index (χ3n) is 6.04. The van der Waals surface area contributed by atoms with E-state index in [2.05, 4.69) is 11.0 Å². The number of anilines is 1. The summed E-state index contributed by atoms with van der Waals surface area (Å²) in [5.74, 6) is 0.220. The molecule has 4 unspecified atom stereocenters. The van der Waals surface area contributed by atoms with E-state index in [4.69, 9.17) is 5.73 Å². The van der Waals surface area contributed by atoms with Crippen molar-refractivity contribution in [1.82, 2.24) is 9.80 Å². The maximum Gasteiger partial charge on any atom is 0.234 e. The van der Waals surface area contributed by atoms with Gasteiger partial charge in [-0.05, 0) is 36.8 Å². The summed E-state index contributed by atoms with van der Waals surface area (Å²) in [4.78, 5) is 28.6. The molecule has 1 aromatic rings. The quantitative estimate of drug-likeness (QED) is 0.671. The average molecular weight is 313 g/mol. The summed E-state index contributed by atoms with van der Waals surface area (Å²) in [6.07, 6.45) is 3.00. The standard InChI is InChI=1S/C18H23N3O2/c1-20-17(22)15-12-6-7-14(16(15)18(20)23)21(10-12)9-8-11-4-2-3-5-13(11)19/h2-5,12,14-16H,6-10,19H2,1H3. The van der Waals surface area contributed by atoms with Gasteiger partial charge < -0.3 is 5.73 Å². The molecule has 4 atom stereocenters. The molecule has 0 radical (unpaired) electrons. The molecule has 3 saturated heterocycles. The summed E-state index contributed by atoms with van der Waals surface area (Å²) in [5, 5.41) is 0. The number of rotatable bonds is 3. The zero-order chi connectivity index (χ0) is 16.1. The van der Waals surface area contributed by atoms with Crippen LogP contribution < -0.4 is 5.73 Å². The van der Waals surface area contributed by atoms with Crippen molar-refractivity contribution in [3.63, 3.8) is 0 Å². The van der Waals surface area contributed by atoms with Gasteiger partial charge in [0.2, 0.25) is 11.8 Å². The van der Waals surface area contributed by atoms with Crippen LogP contribution in [-0.2, 0) is 16.0 Å². The number of carbonyl (C=O) groups excluding carboxylic acids is 2. The highest BCUT2D eigenvalue weighted by atomic mass is 16.2. The molecule has 122 valence electrons. The molecule has 4 aliphatic rings. The van der Waals surface area contributed by atoms with Gasteiger partial charge in [0.05, 0.1) is 11.8 Å². The SMILES string of the molecule is CN1C(=O)C2C3CCC(C2C1=O)N(CCc1ccccc1N)C3. The van der Waals surface area contributed by atoms with Crippen molar-refractivity contribution in [3.8, 4) is 0 Å². The van der Waals surface area contributed by atoms with Gasteiger partial charge in [-0.15, -0.1) is 0 Å². The number of imide groups is 1. The molecule has 2 N–H and O–H groups in total. The molecular weight excluding hydrogens is 290 g/mol. The zero-order valence-electron chi connectivity index (χ0n) is 13.4. The summed E-state index contributed by atoms with van der Waals surface area (Å²) < 4.78 is 0. The number of nitrogens with zero attached hydrogens (tertiary/aromatic N) is 2. The van der Waals surface area contributed by atoms with E-state index < -0.39 is 0 Å². The third-order valence-corrected chi connectivity index (χ3v) is 6.04. The Hall–Kier alpha value is -1.88. The van der Waals surface area contributed by atoms with Gasteiger partial charge in [-0.1, -0.05) is 18.2 Å². The topological polar surface area (TPSA) is 66.6 Å². The number of piperidine rings is 2. The molecule has 2 bridgehead atoms. The van der Waals surface area contributed by atoms with Gasteiger partial charge in [0.25, 0.3) is 0 Å². The van der Waals surface area contributed by atoms with E-state index in [0.29, 0.717) is 5.92 Å². The molecule has 3 heterocycles. The second-order valence-electron chi connectivity index (χ2n) is 7.14. The van der Waals surface area contributed by atoms with E-state index in [0.717, 1.165) is 43.6 Å². The van der Waals surface area contributed by atoms with Crippen LogP contribution >= 0.6 is 0 Å². The fourth-order valence-electron chi connectivity index (χ4n) is 4.84. The molecule has 4 fully saturated rings. The van der Waals surface area contributed by atoms with Crippen molar-refractivity contribution >= 4 is 17.5 Å². The lowest BCUT2D eigenvalue weighted by Gasteiger charge is -2.50. The number of fused-ring (bicyclic) bond motifs is 2. The second kappa shape index (κ2) is 5.34. The zero-order valence-corrected chi connectivity index (χ0v) is 13.4. The normalized spacial score (nSPS) is 33.3. The number of nitrogen functional groups attached to an aromatic ring is 1. The Bertz CT molecular complexity index is 659. The first-order valence-electron chi connectivity index (χ1n) is 8.47. The van der Waals surface area contributed by atoms with Gasteiger partial charge in [0, 0.05) is 31.9 Å². The molecule has 5 nitrogen and oxygen atoms in total. The van der Waals surface area contributed by atoms with Gasteiger partial charge in [-0.3, -0.25) is 19.4 Å². The van der Waals surface area contributed by atoms with Crippen LogP contribution in [0.15, 0.2) is 24.3 Å². The summed E-state index contributed by atoms with van der Waals surface area (Å²) >= 11 is 0. The number of para-hydroxylation sites is 1. The molecule has 5 heteroatoms. The Morgan fingerprint density at radius 3 is 2.65 bits per heavy atom. The molecule has 2 amide bonds. The van der Waals surface area contributed by atoms with Crippen LogP contribution in [0.4, 0.5) is 5.69 Å². The van der Waals surface area contributed by atoms with Gasteiger partial charge >= 0.3 is 0 Å². The lowest BCUT2D eigenvalue weighted by Crippen LogP contribution is -2.58. The van der Waals surface area contributed by atoms with E-state index in [-0.39, 0.29) is 29.7 Å². The van der Waals surface area contributed by atoms with Crippen LogP contribution in [-0.4, -0.2) is 47.8 Å². The lowest BCUT2D eigenvalue weighted by atomic mass is 9.66. The van der Waals surface area contributed by atoms with Crippen molar-refractivity contribution in [2.75, 3.05) is 25.9 Å². The highest BCUT2D eigenvalue weighted by molar-refractivity contribution is 6.05. The van der Waals surface area contributed by atoms with Crippen LogP contribution in [0.5, 0.6) is 0 Å². The van der Waals surface area contributed by atoms with Gasteiger partial charge in [0.15, 0.2) is 0 Å². The molecule has 3 aliphatic heterocycles. The highest BCUT2D eigenvalue weighted by Gasteiger charge is 2.59. The van der Waals surface area contributed by atoms with Crippen LogP contribution in [0.1, 0.15) is 18.4 Å². The minimum atomic E-state index is -0.117. The maximum atomic E-state index is 12.5. The summed E-state index contributed by atoms with van der Waals surface area (Å²) in [6, 6.07) is 8.18. The molecule has 0 aromatic heterocycles. The van der Waals surface area contributed by atoms with Crippen molar-refractivity contribution in [1.29, 1.82) is 0 Å². The van der Waals surface area contributed by atoms with Crippen LogP contribution in [0.25, 0.3) is 0 Å². The fourth-order valence-corrected chi connectivity index (χ4v) is 4.84. The number of amides is 2. The number of benzene rings is 1. The third kappa shape index (κ3) is 2.17. The van der Waals surface area contributed by atoms with Crippen LogP contribution in [0.2, 0.25) is 0 Å². The Morgan fingerprint density at radius 2 is 1.87 bits per heavy atom. The average Bonchev–Trinajstić information content (AvgIpc) is 2.81. The predicted octanol–water partition coefficient (Wildman–Crippen LogP) is 1.14. The monoisotopic (exact) mass is 313 g/mol. The van der Waals surface area contributed by atoms with Gasteiger partial charge in [-0.2, -0.15) is 0 Å². The maximum absolute atomic E-state index is 12.5. The van der Waals surface area contributed by atoms with E-state index in [1.54, 1.807) is 7.05 Å². The van der Waals surface area contributed by atoms with E-state index in [1.165, 1.54) is 4.90 Å². The Labute approximate surface area is 136 Å². The first-order chi connectivity index (χ1) is 11.1. The first kappa shape index (κ1) is 14.7. The van der Waals surface area contributed by atoms with Crippen molar-refractivity contribution in [2.24, 2.45) is 17.8 Å². The second-order valence-corrected chi connectivity index (χ2v) is 7.14. The predicted molar refractivity (Wildman–Crippen MR) is 87.4 cm³/mol. The number of carbonyl (C=O) groups is 2. The molecule has 23 heavy (non-hydrogen) atoms. The van der Waals surface area contributed by atoms with Crippen molar-refractivity contribution in [3.05, 3.63) is 29.8 Å². The molecule has 5 rings (SSSR count). The Morgan fingerprint density at radius 1 is 1.13 bits per heavy atom. The smallest absolute Gasteiger partial charge is 0.234 e. The van der Waals surface area contributed by atoms with Crippen molar-refractivity contribution < 1.29 is 9.59 Å². The van der Waals surface area contributed by atoms with Gasteiger partial charge in [-0.25, -0.2) is 0 Å². The van der Waals surface area contributed by atoms with Gasteiger partial charge in [0.1, 0.15) is 0 Å². The highest BCUT2D eigenvalue weighted by Crippen LogP contribution is 2.47. The molecular formula is C18H23N3O2. The van der Waals surface area contributed by atoms with E-state index >= 15 is 0 Å². The first-order valence-corrected chi connectivity index (χ1v) is 8.47. The minimum absolute atomic E-state index is 0.0265. The molecule has 1 aromatic carbocycles. The Balaban J connectivity index is 1.51. The number of hydrogen-bond acceptors (Lipinski definition) is 4. The number of likely N-dealkylation sites (tertiary alicyclic amines) is 1. The molecule has 1 saturated carbocycles. The number of hydrogen-bond donors (Lipinski definition) is 1. The van der Waals surface area contributed by atoms with Crippen molar-refractivity contribution in [2.45, 2.75) is 25.3 Å². The van der Waals surface area contributed by atoms with E-state index in [9.17, 15) is 9.59 Å². The van der Waals surface area contributed by atoms with Crippen LogP contribution in [0.3, 0.4) is 0 Å². The van der Waals surface area contributed by atoms with Crippen LogP contribution in [0, 0.1) is 17.8 Å². The summed E-state index contributed by atoms with van der Waals surface area (Å²) in [7, 11) is 1.64. The molecule has 0 spiro atoms. The van der Waals surface area contributed by atoms with E-state index in [1.807, 2.05) is 18.2 Å². The Kier molecular flexibility index (Phi) is 3.41. The number of nitrogens with two attached hydrogens (primary N) is 1. The summed E-state index contributed by atoms with van der Waals surface area (Å²) in [6.45, 7) is 1.84. The minimum Gasteiger partial charge on any atom is -0.399 e. The largest absolute Gasteiger partial charge is 0.399 e. The fraction of sp³-hybridized carbons (Fsp3) is 0.556.